The van der Waals surface area contributed by atoms with Gasteiger partial charge in [-0.15, -0.1) is 0 Å². The minimum absolute atomic E-state index is 0.125. The normalized spacial score (nSPS) is 13.4. The van der Waals surface area contributed by atoms with Gasteiger partial charge in [0.1, 0.15) is 5.75 Å². The molecular weight excluding hydrogens is 444 g/mol. The van der Waals surface area contributed by atoms with Gasteiger partial charge in [0.25, 0.3) is 0 Å². The van der Waals surface area contributed by atoms with Crippen LogP contribution in [-0.4, -0.2) is 39.1 Å². The van der Waals surface area contributed by atoms with E-state index in [0.717, 1.165) is 60.6 Å². The number of piperazine rings is 1. The van der Waals surface area contributed by atoms with Gasteiger partial charge in [0.15, 0.2) is 5.78 Å². The molecular formula is C32H32N2O2. The smallest absolute Gasteiger partial charge is 0.167 e. The van der Waals surface area contributed by atoms with Gasteiger partial charge in [-0.3, -0.25) is 4.79 Å². The Bertz CT molecular complexity index is 1310. The molecule has 0 saturated carbocycles. The van der Waals surface area contributed by atoms with E-state index in [1.807, 2.05) is 42.5 Å². The van der Waals surface area contributed by atoms with E-state index in [1.54, 1.807) is 7.11 Å². The van der Waals surface area contributed by atoms with Crippen molar-refractivity contribution in [2.45, 2.75) is 12.8 Å². The summed E-state index contributed by atoms with van der Waals surface area (Å²) in [5.74, 6) is 0.934. The molecule has 1 N–H and O–H groups in total. The van der Waals surface area contributed by atoms with Gasteiger partial charge in [0.2, 0.25) is 0 Å². The zero-order valence-corrected chi connectivity index (χ0v) is 20.7. The maximum Gasteiger partial charge on any atom is 0.167 e. The van der Waals surface area contributed by atoms with Crippen molar-refractivity contribution >= 4 is 11.5 Å². The van der Waals surface area contributed by atoms with Gasteiger partial charge >= 0.3 is 0 Å². The molecule has 0 spiro atoms. The molecule has 1 aliphatic rings. The molecule has 0 bridgehead atoms. The van der Waals surface area contributed by atoms with Crippen molar-refractivity contribution in [2.75, 3.05) is 38.2 Å². The maximum atomic E-state index is 13.5. The van der Waals surface area contributed by atoms with Crippen LogP contribution in [0.3, 0.4) is 0 Å². The first-order valence-electron chi connectivity index (χ1n) is 12.6. The Kier molecular flexibility index (Phi) is 7.44. The Morgan fingerprint density at radius 3 is 2.28 bits per heavy atom. The van der Waals surface area contributed by atoms with Crippen LogP contribution in [0, 0.1) is 0 Å². The zero-order chi connectivity index (χ0) is 24.7. The fraction of sp³-hybridized carbons (Fsp3) is 0.219. The zero-order valence-electron chi connectivity index (χ0n) is 20.7. The number of carbonyl (C=O) groups is 1. The highest BCUT2D eigenvalue weighted by Crippen LogP contribution is 2.31. The standard InChI is InChI=1S/C32H32N2O2/c1-36-32-15-12-25(21-29(32)26-10-6-3-7-11-26)22-31(35)27-13-14-30(34-18-16-33-17-19-34)28(23-27)20-24-8-4-2-5-9-24/h2-15,21,23,33H,16-20,22H2,1H3. The van der Waals surface area contributed by atoms with Crippen molar-refractivity contribution < 1.29 is 9.53 Å². The van der Waals surface area contributed by atoms with E-state index in [9.17, 15) is 4.79 Å². The van der Waals surface area contributed by atoms with Crippen molar-refractivity contribution in [3.63, 3.8) is 0 Å². The van der Waals surface area contributed by atoms with Crippen molar-refractivity contribution in [1.29, 1.82) is 0 Å². The lowest BCUT2D eigenvalue weighted by molar-refractivity contribution is 0.0993. The third-order valence-electron chi connectivity index (χ3n) is 6.81. The average Bonchev–Trinajstić information content (AvgIpc) is 2.94. The average molecular weight is 477 g/mol. The van der Waals surface area contributed by atoms with Crippen LogP contribution in [-0.2, 0) is 12.8 Å². The second kappa shape index (κ2) is 11.2. The fourth-order valence-electron chi connectivity index (χ4n) is 4.93. The number of rotatable bonds is 8. The van der Waals surface area contributed by atoms with Crippen LogP contribution in [0.5, 0.6) is 5.75 Å². The first-order chi connectivity index (χ1) is 17.7. The molecule has 0 aromatic heterocycles. The predicted octanol–water partition coefficient (Wildman–Crippen LogP) is 5.79. The largest absolute Gasteiger partial charge is 0.496 e. The number of ketones is 1. The van der Waals surface area contributed by atoms with Gasteiger partial charge in [-0.2, -0.15) is 0 Å². The number of Topliss-reactive ketones (excluding diaryl/α,β-unsaturated/α-hetero) is 1. The summed E-state index contributed by atoms with van der Waals surface area (Å²) in [6, 6.07) is 32.9. The minimum Gasteiger partial charge on any atom is -0.496 e. The summed E-state index contributed by atoms with van der Waals surface area (Å²) < 4.78 is 5.59. The number of ether oxygens (including phenoxy) is 1. The molecule has 1 heterocycles. The van der Waals surface area contributed by atoms with Crippen molar-refractivity contribution in [2.24, 2.45) is 0 Å². The number of hydrogen-bond donors (Lipinski definition) is 1. The molecule has 1 aliphatic heterocycles. The van der Waals surface area contributed by atoms with Gasteiger partial charge in [-0.25, -0.2) is 0 Å². The molecule has 4 aromatic rings. The van der Waals surface area contributed by atoms with Crippen molar-refractivity contribution in [3.8, 4) is 16.9 Å². The minimum atomic E-state index is 0.125. The van der Waals surface area contributed by atoms with E-state index < -0.39 is 0 Å². The number of benzene rings is 4. The third kappa shape index (κ3) is 5.50. The highest BCUT2D eigenvalue weighted by atomic mass is 16.5. The van der Waals surface area contributed by atoms with E-state index in [4.69, 9.17) is 4.74 Å². The quantitative estimate of drug-likeness (QED) is 0.327. The molecule has 0 aliphatic carbocycles. The lowest BCUT2D eigenvalue weighted by Gasteiger charge is -2.31. The van der Waals surface area contributed by atoms with Crippen LogP contribution < -0.4 is 15.0 Å². The molecule has 1 saturated heterocycles. The second-order valence-corrected chi connectivity index (χ2v) is 9.24. The Balaban J connectivity index is 1.43. The Morgan fingerprint density at radius 1 is 0.833 bits per heavy atom. The summed E-state index contributed by atoms with van der Waals surface area (Å²) in [5.41, 5.74) is 7.51. The molecule has 0 amide bonds. The van der Waals surface area contributed by atoms with Crippen molar-refractivity contribution in [1.82, 2.24) is 5.32 Å². The van der Waals surface area contributed by atoms with Crippen molar-refractivity contribution in [3.05, 3.63) is 119 Å². The Morgan fingerprint density at radius 2 is 1.56 bits per heavy atom. The first-order valence-corrected chi connectivity index (χ1v) is 12.6. The summed E-state index contributed by atoms with van der Waals surface area (Å²) in [6.45, 7) is 3.91. The first kappa shape index (κ1) is 23.8. The number of hydrogen-bond acceptors (Lipinski definition) is 4. The second-order valence-electron chi connectivity index (χ2n) is 9.24. The third-order valence-corrected chi connectivity index (χ3v) is 6.81. The van der Waals surface area contributed by atoms with Gasteiger partial charge < -0.3 is 15.0 Å². The molecule has 4 nitrogen and oxygen atoms in total. The summed E-state index contributed by atoms with van der Waals surface area (Å²) >= 11 is 0. The molecule has 4 heteroatoms. The van der Waals surface area contributed by atoms with Crippen LogP contribution in [0.2, 0.25) is 0 Å². The molecule has 4 aromatic carbocycles. The highest BCUT2D eigenvalue weighted by molar-refractivity contribution is 5.98. The molecule has 5 rings (SSSR count). The van der Waals surface area contributed by atoms with Crippen LogP contribution in [0.15, 0.2) is 97.1 Å². The van der Waals surface area contributed by atoms with E-state index in [1.165, 1.54) is 16.8 Å². The van der Waals surface area contributed by atoms with Gasteiger partial charge in [0.05, 0.1) is 7.11 Å². The summed E-state index contributed by atoms with van der Waals surface area (Å²) in [7, 11) is 1.68. The van der Waals surface area contributed by atoms with Gasteiger partial charge in [0, 0.05) is 49.4 Å². The number of carbonyl (C=O) groups excluding carboxylic acids is 1. The molecule has 182 valence electrons. The predicted molar refractivity (Wildman–Crippen MR) is 147 cm³/mol. The molecule has 36 heavy (non-hydrogen) atoms. The summed E-state index contributed by atoms with van der Waals surface area (Å²) in [6.07, 6.45) is 1.16. The maximum absolute atomic E-state index is 13.5. The van der Waals surface area contributed by atoms with Gasteiger partial charge in [-0.1, -0.05) is 66.7 Å². The molecule has 0 atom stereocenters. The van der Waals surface area contributed by atoms with E-state index in [2.05, 4.69) is 64.8 Å². The number of methoxy groups -OCH3 is 1. The summed E-state index contributed by atoms with van der Waals surface area (Å²) in [4.78, 5) is 15.9. The number of nitrogens with one attached hydrogen (secondary N) is 1. The van der Waals surface area contributed by atoms with Crippen LogP contribution >= 0.6 is 0 Å². The van der Waals surface area contributed by atoms with Crippen LogP contribution in [0.1, 0.15) is 27.0 Å². The lowest BCUT2D eigenvalue weighted by atomic mass is 9.95. The Hall–Kier alpha value is -3.89. The van der Waals surface area contributed by atoms with Crippen LogP contribution in [0.4, 0.5) is 5.69 Å². The van der Waals surface area contributed by atoms with E-state index in [0.29, 0.717) is 6.42 Å². The molecule has 0 unspecified atom stereocenters. The molecule has 0 radical (unpaired) electrons. The van der Waals surface area contributed by atoms with Crippen LogP contribution in [0.25, 0.3) is 11.1 Å². The SMILES string of the molecule is COc1ccc(CC(=O)c2ccc(N3CCNCC3)c(Cc3ccccc3)c2)cc1-c1ccccc1. The fourth-order valence-corrected chi connectivity index (χ4v) is 4.93. The molecule has 1 fully saturated rings. The Labute approximate surface area is 213 Å². The number of nitrogens with zero attached hydrogens (tertiary/aromatic N) is 1. The van der Waals surface area contributed by atoms with E-state index >= 15 is 0 Å². The number of anilines is 1. The highest BCUT2D eigenvalue weighted by Gasteiger charge is 2.18. The van der Waals surface area contributed by atoms with Gasteiger partial charge in [-0.05, 0) is 59.0 Å². The topological polar surface area (TPSA) is 41.6 Å². The lowest BCUT2D eigenvalue weighted by Crippen LogP contribution is -2.43. The van der Waals surface area contributed by atoms with E-state index in [-0.39, 0.29) is 5.78 Å². The summed E-state index contributed by atoms with van der Waals surface area (Å²) in [5, 5.41) is 3.43. The monoisotopic (exact) mass is 476 g/mol.